The molecule has 2 rings (SSSR count). The summed E-state index contributed by atoms with van der Waals surface area (Å²) < 4.78 is 6.63. The maximum absolute atomic E-state index is 12.9. The Kier molecular flexibility index (Phi) is 8.08. The number of hydrogen-bond acceptors (Lipinski definition) is 8. The van der Waals surface area contributed by atoms with Crippen LogP contribution in [0.3, 0.4) is 0 Å². The minimum absolute atomic E-state index is 0.106. The lowest BCUT2D eigenvalue weighted by Gasteiger charge is -2.12. The molecular formula is C20H27N5O6S. The van der Waals surface area contributed by atoms with Gasteiger partial charge in [-0.2, -0.15) is 4.68 Å². The average Bonchev–Trinajstić information content (AvgIpc) is 3.25. The number of ether oxygens (including phenoxy) is 1. The largest absolute Gasteiger partial charge is 0.462 e. The number of amides is 2. The van der Waals surface area contributed by atoms with Crippen molar-refractivity contribution < 1.29 is 24.0 Å². The van der Waals surface area contributed by atoms with Crippen LogP contribution in [0, 0.1) is 29.9 Å². The Morgan fingerprint density at radius 3 is 2.53 bits per heavy atom. The normalized spacial score (nSPS) is 11.7. The lowest BCUT2D eigenvalue weighted by molar-refractivity contribution is -0.389. The van der Waals surface area contributed by atoms with Crippen molar-refractivity contribution >= 4 is 39.9 Å². The van der Waals surface area contributed by atoms with E-state index in [0.717, 1.165) is 11.3 Å². The summed E-state index contributed by atoms with van der Waals surface area (Å²) in [4.78, 5) is 50.1. The van der Waals surface area contributed by atoms with E-state index < -0.39 is 22.7 Å². The molecule has 0 fully saturated rings. The molecule has 0 radical (unpaired) electrons. The standard InChI is InChI=1S/C20H27N5O6S/c1-7-8-31-20(28)15-13(4)16(19(27)23(5)6)32-18(15)21-17(26)11(2)10-24-12(3)9-14(22-24)25(29)30/h9,11H,7-8,10H2,1-6H3,(H,21,26). The van der Waals surface area contributed by atoms with Gasteiger partial charge in [-0.1, -0.05) is 13.8 Å². The number of aromatic nitrogens is 2. The highest BCUT2D eigenvalue weighted by Crippen LogP contribution is 2.35. The fourth-order valence-electron chi connectivity index (χ4n) is 2.87. The van der Waals surface area contributed by atoms with Crippen molar-refractivity contribution in [3.63, 3.8) is 0 Å². The molecule has 0 spiro atoms. The molecule has 0 saturated heterocycles. The molecular weight excluding hydrogens is 438 g/mol. The first-order valence-corrected chi connectivity index (χ1v) is 10.8. The fourth-order valence-corrected chi connectivity index (χ4v) is 4.08. The van der Waals surface area contributed by atoms with E-state index in [1.165, 1.54) is 15.6 Å². The molecule has 1 atom stereocenters. The highest BCUT2D eigenvalue weighted by molar-refractivity contribution is 7.18. The molecule has 1 unspecified atom stereocenters. The van der Waals surface area contributed by atoms with Crippen LogP contribution in [0.2, 0.25) is 0 Å². The van der Waals surface area contributed by atoms with E-state index in [1.54, 1.807) is 34.9 Å². The second-order valence-corrected chi connectivity index (χ2v) is 8.59. The number of carbonyl (C=O) groups excluding carboxylic acids is 3. The molecule has 1 N–H and O–H groups in total. The second-order valence-electron chi connectivity index (χ2n) is 7.57. The summed E-state index contributed by atoms with van der Waals surface area (Å²) in [5.74, 6) is -2.23. The first-order chi connectivity index (χ1) is 15.0. The molecule has 0 bridgehead atoms. The van der Waals surface area contributed by atoms with Gasteiger partial charge in [0.25, 0.3) is 5.91 Å². The summed E-state index contributed by atoms with van der Waals surface area (Å²) in [7, 11) is 3.20. The number of nitro groups is 1. The Morgan fingerprint density at radius 1 is 1.34 bits per heavy atom. The molecule has 0 aliphatic rings. The first kappa shape index (κ1) is 25.0. The monoisotopic (exact) mass is 465 g/mol. The minimum atomic E-state index is -0.622. The molecule has 2 heterocycles. The van der Waals surface area contributed by atoms with Crippen LogP contribution in [0.25, 0.3) is 0 Å². The van der Waals surface area contributed by atoms with E-state index in [1.807, 2.05) is 6.92 Å². The minimum Gasteiger partial charge on any atom is -0.462 e. The van der Waals surface area contributed by atoms with Crippen molar-refractivity contribution in [3.8, 4) is 0 Å². The molecule has 32 heavy (non-hydrogen) atoms. The van der Waals surface area contributed by atoms with Crippen LogP contribution in [0.1, 0.15) is 51.6 Å². The van der Waals surface area contributed by atoms with E-state index >= 15 is 0 Å². The van der Waals surface area contributed by atoms with Crippen LogP contribution in [0.15, 0.2) is 6.07 Å². The number of carbonyl (C=O) groups is 3. The van der Waals surface area contributed by atoms with Crippen molar-refractivity contribution in [1.82, 2.24) is 14.7 Å². The molecule has 2 aromatic heterocycles. The molecule has 0 aliphatic heterocycles. The van der Waals surface area contributed by atoms with Gasteiger partial charge in [-0.15, -0.1) is 11.3 Å². The van der Waals surface area contributed by atoms with Gasteiger partial charge in [0.1, 0.15) is 5.00 Å². The van der Waals surface area contributed by atoms with E-state index in [4.69, 9.17) is 4.74 Å². The van der Waals surface area contributed by atoms with Gasteiger partial charge in [0.15, 0.2) is 0 Å². The Labute approximate surface area is 189 Å². The van der Waals surface area contributed by atoms with E-state index in [-0.39, 0.29) is 35.4 Å². The maximum atomic E-state index is 12.9. The number of aryl methyl sites for hydroxylation is 1. The summed E-state index contributed by atoms with van der Waals surface area (Å²) in [5, 5.41) is 17.8. The quantitative estimate of drug-likeness (QED) is 0.341. The average molecular weight is 466 g/mol. The van der Waals surface area contributed by atoms with Gasteiger partial charge in [-0.25, -0.2) is 4.79 Å². The number of nitrogens with one attached hydrogen (secondary N) is 1. The van der Waals surface area contributed by atoms with Gasteiger partial charge in [-0.3, -0.25) is 9.59 Å². The van der Waals surface area contributed by atoms with Crippen molar-refractivity contribution in [2.24, 2.45) is 5.92 Å². The highest BCUT2D eigenvalue weighted by atomic mass is 32.1. The number of esters is 1. The third-order valence-electron chi connectivity index (χ3n) is 4.68. The van der Waals surface area contributed by atoms with Gasteiger partial charge in [0, 0.05) is 14.1 Å². The Hall–Kier alpha value is -3.28. The van der Waals surface area contributed by atoms with Crippen LogP contribution in [0.4, 0.5) is 10.8 Å². The zero-order valence-corrected chi connectivity index (χ0v) is 19.7. The number of thiophene rings is 1. The third-order valence-corrected chi connectivity index (χ3v) is 5.87. The molecule has 0 aromatic carbocycles. The van der Waals surface area contributed by atoms with Crippen molar-refractivity contribution in [3.05, 3.63) is 37.9 Å². The fraction of sp³-hybridized carbons (Fsp3) is 0.500. The summed E-state index contributed by atoms with van der Waals surface area (Å²) in [6, 6.07) is 1.33. The molecule has 0 aliphatic carbocycles. The predicted octanol–water partition coefficient (Wildman–Crippen LogP) is 3.01. The Morgan fingerprint density at radius 2 is 2.00 bits per heavy atom. The zero-order chi connectivity index (χ0) is 24.2. The van der Waals surface area contributed by atoms with Crippen LogP contribution in [-0.2, 0) is 16.1 Å². The van der Waals surface area contributed by atoms with E-state index in [0.29, 0.717) is 22.6 Å². The highest BCUT2D eigenvalue weighted by Gasteiger charge is 2.29. The summed E-state index contributed by atoms with van der Waals surface area (Å²) in [6.07, 6.45) is 0.631. The number of nitrogens with zero attached hydrogens (tertiary/aromatic N) is 4. The third kappa shape index (κ3) is 5.49. The van der Waals surface area contributed by atoms with Crippen LogP contribution >= 0.6 is 11.3 Å². The number of hydrogen-bond donors (Lipinski definition) is 1. The zero-order valence-electron chi connectivity index (χ0n) is 18.9. The Bertz CT molecular complexity index is 1040. The van der Waals surface area contributed by atoms with Crippen LogP contribution in [-0.4, -0.2) is 58.1 Å². The van der Waals surface area contributed by atoms with Gasteiger partial charge >= 0.3 is 11.8 Å². The van der Waals surface area contributed by atoms with Crippen molar-refractivity contribution in [2.75, 3.05) is 26.0 Å². The number of anilines is 1. The van der Waals surface area contributed by atoms with E-state index in [2.05, 4.69) is 10.4 Å². The smallest absolute Gasteiger partial charge is 0.390 e. The molecule has 11 nitrogen and oxygen atoms in total. The summed E-state index contributed by atoms with van der Waals surface area (Å²) in [6.45, 7) is 7.13. The van der Waals surface area contributed by atoms with E-state index in [9.17, 15) is 24.5 Å². The molecule has 2 amide bonds. The van der Waals surface area contributed by atoms with Crippen LogP contribution in [0.5, 0.6) is 0 Å². The van der Waals surface area contributed by atoms with Gasteiger partial charge < -0.3 is 25.1 Å². The lowest BCUT2D eigenvalue weighted by atomic mass is 10.1. The lowest BCUT2D eigenvalue weighted by Crippen LogP contribution is -2.25. The molecule has 0 saturated carbocycles. The molecule has 174 valence electrons. The summed E-state index contributed by atoms with van der Waals surface area (Å²) in [5.41, 5.74) is 1.14. The van der Waals surface area contributed by atoms with Crippen LogP contribution < -0.4 is 5.32 Å². The van der Waals surface area contributed by atoms with Gasteiger partial charge in [0.2, 0.25) is 5.91 Å². The predicted molar refractivity (Wildman–Crippen MR) is 119 cm³/mol. The van der Waals surface area contributed by atoms with Crippen molar-refractivity contribution in [1.29, 1.82) is 0 Å². The second kappa shape index (κ2) is 10.4. The first-order valence-electron chi connectivity index (χ1n) is 9.99. The van der Waals surface area contributed by atoms with Gasteiger partial charge in [0.05, 0.1) is 46.4 Å². The summed E-state index contributed by atoms with van der Waals surface area (Å²) >= 11 is 1.01. The number of rotatable bonds is 9. The Balaban J connectivity index is 2.30. The maximum Gasteiger partial charge on any atom is 0.390 e. The topological polar surface area (TPSA) is 137 Å². The van der Waals surface area contributed by atoms with Crippen molar-refractivity contribution in [2.45, 2.75) is 40.7 Å². The molecule has 12 heteroatoms. The van der Waals surface area contributed by atoms with Gasteiger partial charge in [-0.05, 0) is 30.8 Å². The SMILES string of the molecule is CCCOC(=O)c1c(NC(=O)C(C)Cn2nc([N+](=O)[O-])cc2C)sc(C(=O)N(C)C)c1C. The molecule has 2 aromatic rings.